The van der Waals surface area contributed by atoms with Crippen LogP contribution in [0.4, 0.5) is 10.5 Å². The summed E-state index contributed by atoms with van der Waals surface area (Å²) < 4.78 is 0. The van der Waals surface area contributed by atoms with Crippen LogP contribution >= 0.6 is 0 Å². The molecule has 1 aromatic rings. The molecule has 0 spiro atoms. The SMILES string of the molecule is CC(O)CNC(=O)C1CCCN(C(=O)Nc2ccccc2)C1. The highest BCUT2D eigenvalue weighted by Gasteiger charge is 2.28. The maximum absolute atomic E-state index is 12.2. The van der Waals surface area contributed by atoms with Crippen LogP contribution in [0.25, 0.3) is 0 Å². The number of carbonyl (C=O) groups excluding carboxylic acids is 2. The van der Waals surface area contributed by atoms with Gasteiger partial charge >= 0.3 is 6.03 Å². The lowest BCUT2D eigenvalue weighted by Crippen LogP contribution is -2.47. The Labute approximate surface area is 130 Å². The van der Waals surface area contributed by atoms with Crippen molar-refractivity contribution < 1.29 is 14.7 Å². The number of hydrogen-bond acceptors (Lipinski definition) is 3. The molecule has 3 N–H and O–H groups in total. The number of urea groups is 1. The average Bonchev–Trinajstić information content (AvgIpc) is 2.53. The first-order valence-corrected chi connectivity index (χ1v) is 7.63. The fourth-order valence-electron chi connectivity index (χ4n) is 2.49. The topological polar surface area (TPSA) is 81.7 Å². The Morgan fingerprint density at radius 1 is 1.36 bits per heavy atom. The summed E-state index contributed by atoms with van der Waals surface area (Å²) in [6.45, 7) is 2.93. The Bertz CT molecular complexity index is 505. The van der Waals surface area contributed by atoms with Gasteiger partial charge in [-0.3, -0.25) is 4.79 Å². The molecule has 0 saturated carbocycles. The van der Waals surface area contributed by atoms with Gasteiger partial charge in [0.15, 0.2) is 0 Å². The van der Waals surface area contributed by atoms with Gasteiger partial charge in [0, 0.05) is 25.3 Å². The van der Waals surface area contributed by atoms with Crippen molar-refractivity contribution in [1.82, 2.24) is 10.2 Å². The molecule has 1 saturated heterocycles. The molecule has 0 aromatic heterocycles. The van der Waals surface area contributed by atoms with Crippen molar-refractivity contribution in [2.45, 2.75) is 25.9 Å². The molecule has 1 aliphatic rings. The molecule has 6 nitrogen and oxygen atoms in total. The molecule has 0 bridgehead atoms. The summed E-state index contributed by atoms with van der Waals surface area (Å²) in [7, 11) is 0. The largest absolute Gasteiger partial charge is 0.392 e. The highest BCUT2D eigenvalue weighted by atomic mass is 16.3. The van der Waals surface area contributed by atoms with Gasteiger partial charge < -0.3 is 20.6 Å². The fourth-order valence-corrected chi connectivity index (χ4v) is 2.49. The van der Waals surface area contributed by atoms with Gasteiger partial charge in [0.2, 0.25) is 5.91 Å². The Morgan fingerprint density at radius 2 is 2.09 bits per heavy atom. The van der Waals surface area contributed by atoms with Crippen molar-refractivity contribution in [3.63, 3.8) is 0 Å². The van der Waals surface area contributed by atoms with E-state index in [0.29, 0.717) is 13.1 Å². The van der Waals surface area contributed by atoms with Crippen molar-refractivity contribution >= 4 is 17.6 Å². The summed E-state index contributed by atoms with van der Waals surface area (Å²) in [5.74, 6) is -0.313. The summed E-state index contributed by atoms with van der Waals surface area (Å²) >= 11 is 0. The van der Waals surface area contributed by atoms with Crippen molar-refractivity contribution in [2.75, 3.05) is 25.0 Å². The van der Waals surface area contributed by atoms with Crippen LogP contribution in [0.1, 0.15) is 19.8 Å². The van der Waals surface area contributed by atoms with Gasteiger partial charge in [0.25, 0.3) is 0 Å². The molecule has 120 valence electrons. The summed E-state index contributed by atoms with van der Waals surface area (Å²) in [5, 5.41) is 14.8. The van der Waals surface area contributed by atoms with E-state index in [1.165, 1.54) is 0 Å². The van der Waals surface area contributed by atoms with Crippen molar-refractivity contribution in [1.29, 1.82) is 0 Å². The van der Waals surface area contributed by atoms with E-state index in [1.807, 2.05) is 30.3 Å². The van der Waals surface area contributed by atoms with E-state index in [0.717, 1.165) is 18.5 Å². The molecule has 1 heterocycles. The number of aliphatic hydroxyl groups excluding tert-OH is 1. The van der Waals surface area contributed by atoms with Gasteiger partial charge in [-0.25, -0.2) is 4.79 Å². The third kappa shape index (κ3) is 4.73. The van der Waals surface area contributed by atoms with Crippen molar-refractivity contribution in [2.24, 2.45) is 5.92 Å². The zero-order valence-electron chi connectivity index (χ0n) is 12.8. The van der Waals surface area contributed by atoms with Crippen LogP contribution in [0.3, 0.4) is 0 Å². The molecule has 1 aliphatic heterocycles. The van der Waals surface area contributed by atoms with Crippen LogP contribution in [0, 0.1) is 5.92 Å². The monoisotopic (exact) mass is 305 g/mol. The molecule has 0 radical (unpaired) electrons. The zero-order chi connectivity index (χ0) is 15.9. The van der Waals surface area contributed by atoms with Gasteiger partial charge in [-0.05, 0) is 31.9 Å². The number of likely N-dealkylation sites (tertiary alicyclic amines) is 1. The molecule has 3 amide bonds. The number of amides is 3. The lowest BCUT2D eigenvalue weighted by atomic mass is 9.97. The van der Waals surface area contributed by atoms with Gasteiger partial charge in [0.05, 0.1) is 12.0 Å². The maximum Gasteiger partial charge on any atom is 0.321 e. The third-order valence-electron chi connectivity index (χ3n) is 3.68. The van der Waals surface area contributed by atoms with Crippen LogP contribution < -0.4 is 10.6 Å². The quantitative estimate of drug-likeness (QED) is 0.787. The van der Waals surface area contributed by atoms with E-state index in [1.54, 1.807) is 11.8 Å². The number of rotatable bonds is 4. The van der Waals surface area contributed by atoms with Gasteiger partial charge in [0.1, 0.15) is 0 Å². The number of anilines is 1. The lowest BCUT2D eigenvalue weighted by molar-refractivity contribution is -0.126. The highest BCUT2D eigenvalue weighted by Crippen LogP contribution is 2.18. The van der Waals surface area contributed by atoms with Crippen LogP contribution in [0.2, 0.25) is 0 Å². The maximum atomic E-state index is 12.2. The number of aliphatic hydroxyl groups is 1. The molecule has 0 aliphatic carbocycles. The molecular weight excluding hydrogens is 282 g/mol. The minimum absolute atomic E-state index is 0.0990. The number of benzene rings is 1. The second kappa shape index (κ2) is 7.79. The number of para-hydroxylation sites is 1. The van der Waals surface area contributed by atoms with E-state index in [2.05, 4.69) is 10.6 Å². The standard InChI is InChI=1S/C16H23N3O3/c1-12(20)10-17-15(21)13-6-5-9-19(11-13)16(22)18-14-7-3-2-4-8-14/h2-4,7-8,12-13,20H,5-6,9-11H2,1H3,(H,17,21)(H,18,22). The number of nitrogens with zero attached hydrogens (tertiary/aromatic N) is 1. The normalized spacial score (nSPS) is 19.4. The van der Waals surface area contributed by atoms with E-state index < -0.39 is 6.10 Å². The van der Waals surface area contributed by atoms with Crippen LogP contribution in [0.15, 0.2) is 30.3 Å². The third-order valence-corrected chi connectivity index (χ3v) is 3.68. The van der Waals surface area contributed by atoms with Crippen LogP contribution in [-0.2, 0) is 4.79 Å². The van der Waals surface area contributed by atoms with Gasteiger partial charge in [-0.1, -0.05) is 18.2 Å². The van der Waals surface area contributed by atoms with Crippen molar-refractivity contribution in [3.05, 3.63) is 30.3 Å². The van der Waals surface area contributed by atoms with E-state index in [-0.39, 0.29) is 24.4 Å². The first kappa shape index (κ1) is 16.3. The number of nitrogens with one attached hydrogen (secondary N) is 2. The van der Waals surface area contributed by atoms with E-state index in [4.69, 9.17) is 0 Å². The van der Waals surface area contributed by atoms with Crippen LogP contribution in [-0.4, -0.2) is 47.7 Å². The average molecular weight is 305 g/mol. The Balaban J connectivity index is 1.87. The molecule has 1 fully saturated rings. The van der Waals surface area contributed by atoms with E-state index >= 15 is 0 Å². The van der Waals surface area contributed by atoms with E-state index in [9.17, 15) is 14.7 Å². The van der Waals surface area contributed by atoms with Gasteiger partial charge in [-0.2, -0.15) is 0 Å². The first-order valence-electron chi connectivity index (χ1n) is 7.63. The molecular formula is C16H23N3O3. The number of piperidine rings is 1. The summed E-state index contributed by atoms with van der Waals surface area (Å²) in [6.07, 6.45) is 1.00. The molecule has 2 rings (SSSR count). The summed E-state index contributed by atoms with van der Waals surface area (Å²) in [5.41, 5.74) is 0.744. The minimum atomic E-state index is -0.565. The van der Waals surface area contributed by atoms with Crippen molar-refractivity contribution in [3.8, 4) is 0 Å². The summed E-state index contributed by atoms with van der Waals surface area (Å²) in [6, 6.07) is 9.08. The molecule has 1 aromatic carbocycles. The molecule has 22 heavy (non-hydrogen) atoms. The highest BCUT2D eigenvalue weighted by molar-refractivity contribution is 5.90. The predicted octanol–water partition coefficient (Wildman–Crippen LogP) is 1.43. The molecule has 6 heteroatoms. The first-order chi connectivity index (χ1) is 10.6. The lowest BCUT2D eigenvalue weighted by Gasteiger charge is -2.32. The predicted molar refractivity (Wildman–Crippen MR) is 84.4 cm³/mol. The smallest absolute Gasteiger partial charge is 0.321 e. The van der Waals surface area contributed by atoms with Crippen LogP contribution in [0.5, 0.6) is 0 Å². The Morgan fingerprint density at radius 3 is 2.77 bits per heavy atom. The second-order valence-electron chi connectivity index (χ2n) is 5.68. The number of hydrogen-bond donors (Lipinski definition) is 3. The second-order valence-corrected chi connectivity index (χ2v) is 5.68. The fraction of sp³-hybridized carbons (Fsp3) is 0.500. The molecule has 2 atom stereocenters. The minimum Gasteiger partial charge on any atom is -0.392 e. The Hall–Kier alpha value is -2.08. The van der Waals surface area contributed by atoms with Gasteiger partial charge in [-0.15, -0.1) is 0 Å². The zero-order valence-corrected chi connectivity index (χ0v) is 12.8. The number of carbonyl (C=O) groups is 2. The Kier molecular flexibility index (Phi) is 5.77. The summed E-state index contributed by atoms with van der Waals surface area (Å²) in [4.78, 5) is 26.0. The molecule has 2 unspecified atom stereocenters.